The van der Waals surface area contributed by atoms with E-state index in [1.165, 1.54) is 0 Å². The zero-order valence-corrected chi connectivity index (χ0v) is 10.3. The van der Waals surface area contributed by atoms with E-state index in [1.807, 2.05) is 31.8 Å². The van der Waals surface area contributed by atoms with Crippen LogP contribution in [0.1, 0.15) is 5.69 Å². The molecule has 0 fully saturated rings. The van der Waals surface area contributed by atoms with Crippen LogP contribution in [0.4, 0.5) is 0 Å². The van der Waals surface area contributed by atoms with E-state index in [0.29, 0.717) is 4.77 Å². The van der Waals surface area contributed by atoms with Gasteiger partial charge in [0.05, 0.1) is 0 Å². The number of aromatic nitrogens is 5. The van der Waals surface area contributed by atoms with E-state index in [4.69, 9.17) is 12.2 Å². The molecule has 0 saturated heterocycles. The monoisotopic (exact) mass is 245 g/mol. The minimum Gasteiger partial charge on any atom is -0.302 e. The van der Waals surface area contributed by atoms with Gasteiger partial charge in [-0.2, -0.15) is 10.2 Å². The minimum atomic E-state index is 0. The molecule has 0 aliphatic heterocycles. The maximum atomic E-state index is 5.02. The summed E-state index contributed by atoms with van der Waals surface area (Å²) in [5.74, 6) is 0.763. The van der Waals surface area contributed by atoms with E-state index in [9.17, 15) is 0 Å². The lowest BCUT2D eigenvalue weighted by atomic mass is 10.3. The van der Waals surface area contributed by atoms with Gasteiger partial charge in [-0.3, -0.25) is 9.78 Å². The van der Waals surface area contributed by atoms with Gasteiger partial charge in [-0.25, -0.2) is 0 Å². The summed E-state index contributed by atoms with van der Waals surface area (Å²) >= 11 is 5.02. The summed E-state index contributed by atoms with van der Waals surface area (Å²) in [6.45, 7) is 2.00. The first-order chi connectivity index (χ1) is 6.59. The lowest BCUT2D eigenvalue weighted by Gasteiger charge is -1.93. The Morgan fingerprint density at radius 1 is 1.40 bits per heavy atom. The Bertz CT molecular complexity index is 504. The summed E-state index contributed by atoms with van der Waals surface area (Å²) in [7, 11) is 3.77. The van der Waals surface area contributed by atoms with E-state index in [2.05, 4.69) is 15.3 Å². The molecular weight excluding hydrogens is 234 g/mol. The molecule has 0 bridgehead atoms. The zero-order chi connectivity index (χ0) is 10.3. The SMILES string of the molecule is Cc1cc(-c2n[nH]c(=S)n2C)nn1C.Cl. The average Bonchev–Trinajstić information content (AvgIpc) is 2.61. The van der Waals surface area contributed by atoms with Crippen molar-refractivity contribution in [3.8, 4) is 11.5 Å². The predicted molar refractivity (Wildman–Crippen MR) is 62.6 cm³/mol. The third kappa shape index (κ3) is 1.95. The van der Waals surface area contributed by atoms with Crippen molar-refractivity contribution < 1.29 is 0 Å². The molecule has 2 heterocycles. The first-order valence-electron chi connectivity index (χ1n) is 4.22. The highest BCUT2D eigenvalue weighted by Gasteiger charge is 2.09. The van der Waals surface area contributed by atoms with Crippen molar-refractivity contribution in [2.75, 3.05) is 0 Å². The van der Waals surface area contributed by atoms with Gasteiger partial charge in [0.15, 0.2) is 10.6 Å². The Morgan fingerprint density at radius 2 is 2.07 bits per heavy atom. The van der Waals surface area contributed by atoms with Crippen molar-refractivity contribution in [3.05, 3.63) is 16.5 Å². The number of hydrogen-bond donors (Lipinski definition) is 1. The molecule has 7 heteroatoms. The largest absolute Gasteiger partial charge is 0.302 e. The van der Waals surface area contributed by atoms with Gasteiger partial charge in [0.25, 0.3) is 0 Å². The molecule has 0 aliphatic carbocycles. The number of rotatable bonds is 1. The van der Waals surface area contributed by atoms with Crippen LogP contribution in [0, 0.1) is 11.7 Å². The summed E-state index contributed by atoms with van der Waals surface area (Å²) in [6.07, 6.45) is 0. The fourth-order valence-corrected chi connectivity index (χ4v) is 1.38. The number of hydrogen-bond acceptors (Lipinski definition) is 3. The summed E-state index contributed by atoms with van der Waals surface area (Å²) in [5, 5.41) is 11.2. The van der Waals surface area contributed by atoms with E-state index in [0.717, 1.165) is 17.2 Å². The van der Waals surface area contributed by atoms with Crippen LogP contribution >= 0.6 is 24.6 Å². The number of H-pyrrole nitrogens is 1. The van der Waals surface area contributed by atoms with Crippen molar-refractivity contribution >= 4 is 24.6 Å². The highest BCUT2D eigenvalue weighted by molar-refractivity contribution is 7.71. The van der Waals surface area contributed by atoms with Crippen LogP contribution < -0.4 is 0 Å². The molecular formula is C8H12ClN5S. The predicted octanol–water partition coefficient (Wildman–Crippen LogP) is 1.61. The van der Waals surface area contributed by atoms with Crippen molar-refractivity contribution in [2.45, 2.75) is 6.92 Å². The van der Waals surface area contributed by atoms with Crippen LogP contribution in [-0.4, -0.2) is 24.5 Å². The number of aromatic amines is 1. The Balaban J connectivity index is 0.00000112. The smallest absolute Gasteiger partial charge is 0.195 e. The number of aryl methyl sites for hydroxylation is 2. The van der Waals surface area contributed by atoms with Gasteiger partial charge in [0.1, 0.15) is 5.69 Å². The minimum absolute atomic E-state index is 0. The third-order valence-corrected chi connectivity index (χ3v) is 2.59. The molecule has 1 N–H and O–H groups in total. The first kappa shape index (κ1) is 11.9. The van der Waals surface area contributed by atoms with E-state index in [1.54, 1.807) is 4.57 Å². The number of halogens is 1. The van der Waals surface area contributed by atoms with Crippen LogP contribution in [0.5, 0.6) is 0 Å². The molecule has 82 valence electrons. The molecule has 2 aromatic heterocycles. The topological polar surface area (TPSA) is 51.4 Å². The lowest BCUT2D eigenvalue weighted by Crippen LogP contribution is -1.95. The van der Waals surface area contributed by atoms with E-state index >= 15 is 0 Å². The molecule has 0 radical (unpaired) electrons. The summed E-state index contributed by atoms with van der Waals surface area (Å²) < 4.78 is 4.22. The first-order valence-corrected chi connectivity index (χ1v) is 4.63. The van der Waals surface area contributed by atoms with Gasteiger partial charge in [-0.15, -0.1) is 12.4 Å². The molecule has 5 nitrogen and oxygen atoms in total. The molecule has 0 atom stereocenters. The second-order valence-electron chi connectivity index (χ2n) is 3.21. The zero-order valence-electron chi connectivity index (χ0n) is 8.68. The molecule has 0 unspecified atom stereocenters. The van der Waals surface area contributed by atoms with Gasteiger partial charge in [0, 0.05) is 19.8 Å². The van der Waals surface area contributed by atoms with Crippen molar-refractivity contribution in [1.29, 1.82) is 0 Å². The summed E-state index contributed by atoms with van der Waals surface area (Å²) in [4.78, 5) is 0. The number of nitrogens with one attached hydrogen (secondary N) is 1. The van der Waals surface area contributed by atoms with E-state index in [-0.39, 0.29) is 12.4 Å². The fraction of sp³-hybridized carbons (Fsp3) is 0.375. The second-order valence-corrected chi connectivity index (χ2v) is 3.59. The van der Waals surface area contributed by atoms with Gasteiger partial charge >= 0.3 is 0 Å². The van der Waals surface area contributed by atoms with Crippen LogP contribution in [0.3, 0.4) is 0 Å². The Labute approximate surface area is 98.5 Å². The maximum Gasteiger partial charge on any atom is 0.195 e. The quantitative estimate of drug-likeness (QED) is 0.777. The van der Waals surface area contributed by atoms with E-state index < -0.39 is 0 Å². The normalized spacial score (nSPS) is 10.1. The van der Waals surface area contributed by atoms with Gasteiger partial charge in [0.2, 0.25) is 0 Å². The summed E-state index contributed by atoms with van der Waals surface area (Å²) in [6, 6.07) is 1.98. The molecule has 0 spiro atoms. The van der Waals surface area contributed by atoms with Gasteiger partial charge < -0.3 is 4.57 Å². The highest BCUT2D eigenvalue weighted by Crippen LogP contribution is 2.14. The maximum absolute atomic E-state index is 5.02. The molecule has 0 saturated carbocycles. The molecule has 0 amide bonds. The molecule has 2 rings (SSSR count). The van der Waals surface area contributed by atoms with Crippen LogP contribution in [0.2, 0.25) is 0 Å². The Morgan fingerprint density at radius 3 is 2.47 bits per heavy atom. The molecule has 2 aromatic rings. The molecule has 0 aromatic carbocycles. The third-order valence-electron chi connectivity index (χ3n) is 2.22. The molecule has 0 aliphatic rings. The Hall–Kier alpha value is -1.14. The van der Waals surface area contributed by atoms with Crippen molar-refractivity contribution in [3.63, 3.8) is 0 Å². The summed E-state index contributed by atoms with van der Waals surface area (Å²) in [5.41, 5.74) is 1.92. The Kier molecular flexibility index (Phi) is 3.31. The molecule has 15 heavy (non-hydrogen) atoms. The van der Waals surface area contributed by atoms with Crippen LogP contribution in [0.25, 0.3) is 11.5 Å². The second kappa shape index (κ2) is 4.16. The fourth-order valence-electron chi connectivity index (χ4n) is 1.25. The standard InChI is InChI=1S/C8H11N5S.ClH/c1-5-4-6(11-13(5)3)7-9-10-8(14)12(7)2;/h4H,1-3H3,(H,10,14);1H. The van der Waals surface area contributed by atoms with Crippen LogP contribution in [0.15, 0.2) is 6.07 Å². The van der Waals surface area contributed by atoms with Gasteiger partial charge in [-0.1, -0.05) is 0 Å². The van der Waals surface area contributed by atoms with Crippen molar-refractivity contribution in [2.24, 2.45) is 14.1 Å². The number of nitrogens with zero attached hydrogens (tertiary/aromatic N) is 4. The highest BCUT2D eigenvalue weighted by atomic mass is 35.5. The lowest BCUT2D eigenvalue weighted by molar-refractivity contribution is 0.739. The van der Waals surface area contributed by atoms with Crippen LogP contribution in [-0.2, 0) is 14.1 Å². The van der Waals surface area contributed by atoms with Gasteiger partial charge in [-0.05, 0) is 25.2 Å². The average molecular weight is 246 g/mol. The van der Waals surface area contributed by atoms with Crippen molar-refractivity contribution in [1.82, 2.24) is 24.5 Å².